The van der Waals surface area contributed by atoms with Crippen molar-refractivity contribution in [1.29, 1.82) is 0 Å². The average molecular weight is 521 g/mol. The number of hydrogen-bond acceptors (Lipinski definition) is 11. The largest absolute Gasteiger partial charge is 0.390 e. The Morgan fingerprint density at radius 1 is 1.09 bits per heavy atom. The van der Waals surface area contributed by atoms with Gasteiger partial charge in [-0.15, -0.1) is 5.10 Å². The van der Waals surface area contributed by atoms with Crippen molar-refractivity contribution in [3.8, 4) is 22.5 Å². The summed E-state index contributed by atoms with van der Waals surface area (Å²) in [6.45, 7) is 0.338. The Bertz CT molecular complexity index is 1630. The molecule has 15 nitrogen and oxygen atoms in total. The lowest BCUT2D eigenvalue weighted by Crippen LogP contribution is -2.43. The maximum absolute atomic E-state index is 13.3. The molecule has 2 atom stereocenters. The van der Waals surface area contributed by atoms with Gasteiger partial charge in [-0.3, -0.25) is 0 Å². The number of benzene rings is 2. The molecule has 0 bridgehead atoms. The van der Waals surface area contributed by atoms with E-state index < -0.39 is 42.0 Å². The van der Waals surface area contributed by atoms with Crippen molar-refractivity contribution in [2.75, 3.05) is 18.8 Å². The highest BCUT2D eigenvalue weighted by Gasteiger charge is 2.35. The number of anilines is 1. The van der Waals surface area contributed by atoms with Gasteiger partial charge in [-0.2, -0.15) is 0 Å². The van der Waals surface area contributed by atoms with Crippen molar-refractivity contribution < 1.29 is 21.9 Å². The van der Waals surface area contributed by atoms with Crippen molar-refractivity contribution >= 4 is 37.0 Å². The number of hydrogen-bond donors (Lipinski definition) is 7. The van der Waals surface area contributed by atoms with Gasteiger partial charge >= 0.3 is 0 Å². The summed E-state index contributed by atoms with van der Waals surface area (Å²) in [6.07, 6.45) is -0.998. The quantitative estimate of drug-likeness (QED) is 0.150. The van der Waals surface area contributed by atoms with Crippen LogP contribution in [0.15, 0.2) is 40.1 Å². The van der Waals surface area contributed by atoms with E-state index in [1.54, 1.807) is 18.2 Å². The standard InChI is InChI=1S/C18H20N10O5S2/c19-18-22-10-3-1-2-9(15(10)23-18)8-4-5-13(35(32,33)26-11-6-21-7-12(11)29)16(34(20,30)31)14(8)17-24-27-28-25-17/h1-5,11-12,21,26,29H,6-7H2,(H3,19,22,23)(H2,20,30,31)(H,24,25,27,28)/t11-,12+/m1/s1. The lowest BCUT2D eigenvalue weighted by atomic mass is 9.98. The molecule has 35 heavy (non-hydrogen) atoms. The van der Waals surface area contributed by atoms with Crippen molar-refractivity contribution in [2.45, 2.75) is 21.9 Å². The number of fused-ring (bicyclic) bond motifs is 1. The van der Waals surface area contributed by atoms with E-state index in [1.807, 2.05) is 0 Å². The number of nitrogens with two attached hydrogens (primary N) is 2. The molecular formula is C18H20N10O5S2. The highest BCUT2D eigenvalue weighted by atomic mass is 32.2. The molecule has 1 fully saturated rings. The zero-order valence-electron chi connectivity index (χ0n) is 17.8. The summed E-state index contributed by atoms with van der Waals surface area (Å²) in [5.74, 6) is -0.00159. The van der Waals surface area contributed by atoms with Gasteiger partial charge in [0.2, 0.25) is 20.0 Å². The van der Waals surface area contributed by atoms with Crippen LogP contribution in [0.1, 0.15) is 0 Å². The second-order valence-corrected chi connectivity index (χ2v) is 11.1. The minimum atomic E-state index is -4.66. The fourth-order valence-corrected chi connectivity index (χ4v) is 6.98. The van der Waals surface area contributed by atoms with Crippen molar-refractivity contribution in [1.82, 2.24) is 40.6 Å². The van der Waals surface area contributed by atoms with Gasteiger partial charge in [-0.1, -0.05) is 18.2 Å². The molecule has 0 amide bonds. The number of rotatable bonds is 6. The fraction of sp³-hybridized carbons (Fsp3) is 0.222. The van der Waals surface area contributed by atoms with Crippen molar-refractivity contribution in [3.63, 3.8) is 0 Å². The van der Waals surface area contributed by atoms with Crippen LogP contribution in [-0.2, 0) is 20.0 Å². The third-order valence-corrected chi connectivity index (χ3v) is 8.24. The van der Waals surface area contributed by atoms with Gasteiger partial charge in [-0.25, -0.2) is 36.8 Å². The normalized spacial score (nSPS) is 18.9. The number of nitrogen functional groups attached to an aromatic ring is 1. The minimum Gasteiger partial charge on any atom is -0.390 e. The Morgan fingerprint density at radius 2 is 1.89 bits per heavy atom. The van der Waals surface area contributed by atoms with E-state index in [2.05, 4.69) is 40.6 Å². The number of imidazole rings is 1. The number of tetrazole rings is 1. The van der Waals surface area contributed by atoms with Crippen LogP contribution in [0.5, 0.6) is 0 Å². The number of primary sulfonamides is 1. The molecule has 0 unspecified atom stereocenters. The van der Waals surface area contributed by atoms with E-state index in [1.165, 1.54) is 6.07 Å². The van der Waals surface area contributed by atoms with Gasteiger partial charge in [0, 0.05) is 18.7 Å². The molecule has 4 aromatic rings. The van der Waals surface area contributed by atoms with Gasteiger partial charge in [0.1, 0.15) is 9.79 Å². The number of para-hydroxylation sites is 1. The molecule has 1 aliphatic heterocycles. The lowest BCUT2D eigenvalue weighted by Gasteiger charge is -2.19. The van der Waals surface area contributed by atoms with Crippen LogP contribution < -0.4 is 20.9 Å². The molecule has 184 valence electrons. The van der Waals surface area contributed by atoms with E-state index in [9.17, 15) is 21.9 Å². The van der Waals surface area contributed by atoms with Gasteiger partial charge < -0.3 is 21.1 Å². The fourth-order valence-electron chi connectivity index (χ4n) is 4.10. The minimum absolute atomic E-state index is 0.133. The van der Waals surface area contributed by atoms with E-state index in [-0.39, 0.29) is 36.0 Å². The molecule has 0 aliphatic carbocycles. The Kier molecular flexibility index (Phi) is 5.54. The third kappa shape index (κ3) is 4.13. The molecule has 1 aliphatic rings. The first-order chi connectivity index (χ1) is 16.6. The van der Waals surface area contributed by atoms with E-state index in [0.29, 0.717) is 16.6 Å². The number of aromatic nitrogens is 6. The molecular weight excluding hydrogens is 500 g/mol. The summed E-state index contributed by atoms with van der Waals surface area (Å²) < 4.78 is 54.7. The van der Waals surface area contributed by atoms with Crippen molar-refractivity contribution in [2.24, 2.45) is 5.14 Å². The number of aliphatic hydroxyl groups is 1. The highest BCUT2D eigenvalue weighted by molar-refractivity contribution is 7.92. The first-order valence-corrected chi connectivity index (χ1v) is 13.2. The highest BCUT2D eigenvalue weighted by Crippen LogP contribution is 2.40. The number of β-amino-alcohol motifs (C(OH)–C–C–N with tert-alkyl or cyclic N) is 1. The van der Waals surface area contributed by atoms with Crippen LogP contribution in [0, 0.1) is 0 Å². The molecule has 1 saturated heterocycles. The summed E-state index contributed by atoms with van der Waals surface area (Å²) in [7, 11) is -9.14. The average Bonchev–Trinajstić information content (AvgIpc) is 3.53. The first kappa shape index (κ1) is 23.3. The molecule has 3 heterocycles. The number of sulfonamides is 2. The van der Waals surface area contributed by atoms with Gasteiger partial charge in [0.15, 0.2) is 11.8 Å². The second kappa shape index (κ2) is 8.33. The predicted molar refractivity (Wildman–Crippen MR) is 123 cm³/mol. The van der Waals surface area contributed by atoms with E-state index >= 15 is 0 Å². The van der Waals surface area contributed by atoms with Crippen LogP contribution in [0.2, 0.25) is 0 Å². The zero-order valence-corrected chi connectivity index (χ0v) is 19.4. The maximum atomic E-state index is 13.3. The summed E-state index contributed by atoms with van der Waals surface area (Å²) in [5.41, 5.74) is 7.29. The first-order valence-electron chi connectivity index (χ1n) is 10.2. The number of aromatic amines is 2. The van der Waals surface area contributed by atoms with Crippen LogP contribution in [0.3, 0.4) is 0 Å². The summed E-state index contributed by atoms with van der Waals surface area (Å²) in [5, 5.41) is 31.8. The molecule has 9 N–H and O–H groups in total. The number of nitrogens with one attached hydrogen (secondary N) is 4. The Labute approximate surface area is 198 Å². The van der Waals surface area contributed by atoms with Crippen LogP contribution in [-0.4, -0.2) is 77.8 Å². The number of aliphatic hydroxyl groups excluding tert-OH is 1. The van der Waals surface area contributed by atoms with E-state index in [4.69, 9.17) is 10.9 Å². The van der Waals surface area contributed by atoms with Gasteiger partial charge in [0.05, 0.1) is 28.7 Å². The Balaban J connectivity index is 1.81. The van der Waals surface area contributed by atoms with Crippen LogP contribution in [0.25, 0.3) is 33.5 Å². The smallest absolute Gasteiger partial charge is 0.242 e. The molecule has 0 spiro atoms. The number of nitrogens with zero attached hydrogens (tertiary/aromatic N) is 4. The Hall–Kier alpha value is -3.48. The lowest BCUT2D eigenvalue weighted by molar-refractivity contribution is 0.172. The maximum Gasteiger partial charge on any atom is 0.242 e. The zero-order chi connectivity index (χ0) is 25.0. The topological polar surface area (TPSA) is 248 Å². The van der Waals surface area contributed by atoms with Crippen LogP contribution >= 0.6 is 0 Å². The summed E-state index contributed by atoms with van der Waals surface area (Å²) >= 11 is 0. The summed E-state index contributed by atoms with van der Waals surface area (Å²) in [4.78, 5) is 5.81. The Morgan fingerprint density at radius 3 is 2.54 bits per heavy atom. The van der Waals surface area contributed by atoms with Gasteiger partial charge in [-0.05, 0) is 28.1 Å². The monoisotopic (exact) mass is 520 g/mol. The van der Waals surface area contributed by atoms with Crippen molar-refractivity contribution in [3.05, 3.63) is 30.3 Å². The molecule has 0 radical (unpaired) electrons. The second-order valence-electron chi connectivity index (χ2n) is 7.89. The summed E-state index contributed by atoms with van der Waals surface area (Å²) in [6, 6.07) is 6.73. The molecule has 2 aromatic heterocycles. The molecule has 0 saturated carbocycles. The SMILES string of the molecule is Nc1nc2c(-c3ccc(S(=O)(=O)N[C@@H]4CNC[C@@H]4O)c(S(N)(=O)=O)c3-c3nnn[nH]3)cccc2[nH]1. The molecule has 2 aromatic carbocycles. The van der Waals surface area contributed by atoms with Gasteiger partial charge in [0.25, 0.3) is 0 Å². The number of H-pyrrole nitrogens is 2. The molecule has 5 rings (SSSR count). The third-order valence-electron chi connectivity index (χ3n) is 5.59. The predicted octanol–water partition coefficient (Wildman–Crippen LogP) is -1.75. The van der Waals surface area contributed by atoms with E-state index in [0.717, 1.165) is 6.07 Å². The molecule has 17 heteroatoms. The van der Waals surface area contributed by atoms with Crippen LogP contribution in [0.4, 0.5) is 5.95 Å².